The maximum absolute atomic E-state index is 13.3. The molecule has 2 saturated heterocycles. The van der Waals surface area contributed by atoms with Crippen LogP contribution in [0.15, 0.2) is 23.1 Å². The largest absolute Gasteiger partial charge is 0.417 e. The highest BCUT2D eigenvalue weighted by atomic mass is 35.5. The van der Waals surface area contributed by atoms with Crippen LogP contribution in [-0.2, 0) is 25.7 Å². The fourth-order valence-electron chi connectivity index (χ4n) is 3.21. The van der Waals surface area contributed by atoms with Crippen molar-refractivity contribution < 1.29 is 31.1 Å². The van der Waals surface area contributed by atoms with E-state index in [1.165, 1.54) is 4.90 Å². The number of halogens is 4. The van der Waals surface area contributed by atoms with Crippen molar-refractivity contribution in [1.82, 2.24) is 9.21 Å². The van der Waals surface area contributed by atoms with E-state index in [0.29, 0.717) is 19.1 Å². The summed E-state index contributed by atoms with van der Waals surface area (Å²) in [4.78, 5) is 13.0. The van der Waals surface area contributed by atoms with E-state index in [-0.39, 0.29) is 37.1 Å². The van der Waals surface area contributed by atoms with Gasteiger partial charge in [-0.05, 0) is 31.0 Å². The third-order valence-corrected chi connectivity index (χ3v) is 6.81. The maximum Gasteiger partial charge on any atom is 0.417 e. The van der Waals surface area contributed by atoms with Crippen molar-refractivity contribution in [2.75, 3.05) is 32.8 Å². The van der Waals surface area contributed by atoms with Gasteiger partial charge in [0.1, 0.15) is 6.10 Å². The Kier molecular flexibility index (Phi) is 5.72. The number of piperazine rings is 1. The first-order valence-electron chi connectivity index (χ1n) is 8.38. The van der Waals surface area contributed by atoms with E-state index < -0.39 is 32.8 Å². The standard InChI is InChI=1S/C16H18ClF3N2O4S/c17-11-3-4-14(12(10-11)16(18,19)20)27(24,25)22-7-5-21(6-8-22)15(23)13-2-1-9-26-13/h3-4,10,13H,1-2,5-9H2. The second-order valence-electron chi connectivity index (χ2n) is 6.37. The summed E-state index contributed by atoms with van der Waals surface area (Å²) in [6.45, 7) is 0.558. The fraction of sp³-hybridized carbons (Fsp3) is 0.562. The van der Waals surface area contributed by atoms with Crippen molar-refractivity contribution in [2.45, 2.75) is 30.0 Å². The van der Waals surface area contributed by atoms with Crippen molar-refractivity contribution in [3.8, 4) is 0 Å². The average Bonchev–Trinajstić information content (AvgIpc) is 3.15. The van der Waals surface area contributed by atoms with E-state index in [0.717, 1.165) is 22.9 Å². The number of carbonyl (C=O) groups is 1. The van der Waals surface area contributed by atoms with Gasteiger partial charge in [-0.1, -0.05) is 11.6 Å². The van der Waals surface area contributed by atoms with Crippen LogP contribution >= 0.6 is 11.6 Å². The molecule has 27 heavy (non-hydrogen) atoms. The Morgan fingerprint density at radius 2 is 1.85 bits per heavy atom. The molecule has 0 bridgehead atoms. The molecule has 0 radical (unpaired) electrons. The molecule has 11 heteroatoms. The third-order valence-electron chi connectivity index (χ3n) is 4.62. The molecule has 0 saturated carbocycles. The number of nitrogens with zero attached hydrogens (tertiary/aromatic N) is 2. The summed E-state index contributed by atoms with van der Waals surface area (Å²) < 4.78 is 71.6. The van der Waals surface area contributed by atoms with Gasteiger partial charge in [0.15, 0.2) is 0 Å². The summed E-state index contributed by atoms with van der Waals surface area (Å²) in [6.07, 6.45) is -3.95. The number of rotatable bonds is 3. The van der Waals surface area contributed by atoms with Gasteiger partial charge in [-0.25, -0.2) is 8.42 Å². The molecule has 3 rings (SSSR count). The topological polar surface area (TPSA) is 66.9 Å². The molecular formula is C16H18ClF3N2O4S. The second kappa shape index (κ2) is 7.57. The van der Waals surface area contributed by atoms with Gasteiger partial charge in [0, 0.05) is 37.8 Å². The van der Waals surface area contributed by atoms with Crippen molar-refractivity contribution in [1.29, 1.82) is 0 Å². The number of hydrogen-bond acceptors (Lipinski definition) is 4. The minimum Gasteiger partial charge on any atom is -0.368 e. The Balaban J connectivity index is 1.77. The van der Waals surface area contributed by atoms with Crippen LogP contribution in [0.4, 0.5) is 13.2 Å². The smallest absolute Gasteiger partial charge is 0.368 e. The summed E-state index contributed by atoms with van der Waals surface area (Å²) in [5.74, 6) is -0.202. The van der Waals surface area contributed by atoms with Gasteiger partial charge in [-0.3, -0.25) is 4.79 Å². The molecule has 0 spiro atoms. The molecule has 0 N–H and O–H groups in total. The number of hydrogen-bond donors (Lipinski definition) is 0. The Hall–Kier alpha value is -1.36. The van der Waals surface area contributed by atoms with Crippen LogP contribution in [0, 0.1) is 0 Å². The number of alkyl halides is 3. The quantitative estimate of drug-likeness (QED) is 0.744. The predicted octanol–water partition coefficient (Wildman–Crippen LogP) is 2.37. The Morgan fingerprint density at radius 1 is 1.19 bits per heavy atom. The zero-order chi connectivity index (χ0) is 19.8. The van der Waals surface area contributed by atoms with Crippen LogP contribution in [0.5, 0.6) is 0 Å². The van der Waals surface area contributed by atoms with Gasteiger partial charge < -0.3 is 9.64 Å². The first kappa shape index (κ1) is 20.4. The van der Waals surface area contributed by atoms with Crippen LogP contribution in [-0.4, -0.2) is 62.4 Å². The van der Waals surface area contributed by atoms with Gasteiger partial charge in [0.05, 0.1) is 10.5 Å². The van der Waals surface area contributed by atoms with Gasteiger partial charge in [0.2, 0.25) is 10.0 Å². The number of carbonyl (C=O) groups excluding carboxylic acids is 1. The lowest BCUT2D eigenvalue weighted by Crippen LogP contribution is -2.52. The van der Waals surface area contributed by atoms with Gasteiger partial charge in [0.25, 0.3) is 5.91 Å². The number of sulfonamides is 1. The molecule has 150 valence electrons. The number of ether oxygens (including phenoxy) is 1. The van der Waals surface area contributed by atoms with Gasteiger partial charge in [-0.15, -0.1) is 0 Å². The minimum atomic E-state index is -4.86. The van der Waals surface area contributed by atoms with E-state index >= 15 is 0 Å². The lowest BCUT2D eigenvalue weighted by molar-refractivity contribution is -0.142. The van der Waals surface area contributed by atoms with E-state index in [9.17, 15) is 26.4 Å². The molecular weight excluding hydrogens is 409 g/mol. The molecule has 0 aliphatic carbocycles. The first-order valence-corrected chi connectivity index (χ1v) is 10.2. The van der Waals surface area contributed by atoms with Crippen LogP contribution in [0.25, 0.3) is 0 Å². The molecule has 1 unspecified atom stereocenters. The van der Waals surface area contributed by atoms with Gasteiger partial charge >= 0.3 is 6.18 Å². The maximum atomic E-state index is 13.3. The normalized spacial score (nSPS) is 22.2. The molecule has 1 aromatic carbocycles. The second-order valence-corrected chi connectivity index (χ2v) is 8.71. The van der Waals surface area contributed by atoms with Crippen LogP contribution in [0.2, 0.25) is 5.02 Å². The first-order chi connectivity index (χ1) is 12.6. The van der Waals surface area contributed by atoms with Crippen LogP contribution in [0.3, 0.4) is 0 Å². The zero-order valence-corrected chi connectivity index (χ0v) is 15.8. The summed E-state index contributed by atoms with van der Waals surface area (Å²) in [5.41, 5.74) is -1.30. The van der Waals surface area contributed by atoms with E-state index in [4.69, 9.17) is 16.3 Å². The van der Waals surface area contributed by atoms with Gasteiger partial charge in [-0.2, -0.15) is 17.5 Å². The monoisotopic (exact) mass is 426 g/mol. The highest BCUT2D eigenvalue weighted by molar-refractivity contribution is 7.89. The molecule has 0 aromatic heterocycles. The van der Waals surface area contributed by atoms with E-state index in [1.807, 2.05) is 0 Å². The Labute approximate surface area is 159 Å². The van der Waals surface area contributed by atoms with Crippen molar-refractivity contribution >= 4 is 27.5 Å². The van der Waals surface area contributed by atoms with E-state index in [1.54, 1.807) is 0 Å². The average molecular weight is 427 g/mol. The fourth-order valence-corrected chi connectivity index (χ4v) is 5.00. The Morgan fingerprint density at radius 3 is 2.41 bits per heavy atom. The molecule has 2 fully saturated rings. The third kappa shape index (κ3) is 4.23. The Bertz CT molecular complexity index is 817. The van der Waals surface area contributed by atoms with Crippen molar-refractivity contribution in [2.24, 2.45) is 0 Å². The van der Waals surface area contributed by atoms with E-state index in [2.05, 4.69) is 0 Å². The molecule has 2 aliphatic heterocycles. The summed E-state index contributed by atoms with van der Waals surface area (Å²) in [7, 11) is -4.38. The summed E-state index contributed by atoms with van der Waals surface area (Å²) in [5, 5.41) is -0.201. The SMILES string of the molecule is O=C(C1CCCO1)N1CCN(S(=O)(=O)c2ccc(Cl)cc2C(F)(F)F)CC1. The summed E-state index contributed by atoms with van der Waals surface area (Å²) >= 11 is 5.61. The van der Waals surface area contributed by atoms with Crippen LogP contribution in [0.1, 0.15) is 18.4 Å². The highest BCUT2D eigenvalue weighted by Gasteiger charge is 2.40. The number of amides is 1. The molecule has 1 aromatic rings. The van der Waals surface area contributed by atoms with Crippen molar-refractivity contribution in [3.63, 3.8) is 0 Å². The zero-order valence-electron chi connectivity index (χ0n) is 14.2. The lowest BCUT2D eigenvalue weighted by atomic mass is 10.2. The molecule has 2 aliphatic rings. The molecule has 1 atom stereocenters. The minimum absolute atomic E-state index is 0.0826. The molecule has 1 amide bonds. The molecule has 6 nitrogen and oxygen atoms in total. The molecule has 2 heterocycles. The summed E-state index contributed by atoms with van der Waals surface area (Å²) in [6, 6.07) is 2.58. The lowest BCUT2D eigenvalue weighted by Gasteiger charge is -2.35. The number of benzene rings is 1. The predicted molar refractivity (Wildman–Crippen MR) is 90.8 cm³/mol. The van der Waals surface area contributed by atoms with Crippen molar-refractivity contribution in [3.05, 3.63) is 28.8 Å². The highest BCUT2D eigenvalue weighted by Crippen LogP contribution is 2.37. The van der Waals surface area contributed by atoms with Crippen LogP contribution < -0.4 is 0 Å².